The maximum absolute atomic E-state index is 12.1. The number of halogens is 1. The smallest absolute Gasteiger partial charge is 0.363 e. The molecular weight excluding hydrogens is 358 g/mol. The topological polar surface area (TPSA) is 66.3 Å². The van der Waals surface area contributed by atoms with Gasteiger partial charge in [-0.15, -0.1) is 0 Å². The zero-order valence-electron chi connectivity index (χ0n) is 14.4. The molecule has 1 heterocycles. The van der Waals surface area contributed by atoms with E-state index in [2.05, 4.69) is 4.99 Å². The summed E-state index contributed by atoms with van der Waals surface area (Å²) in [5, 5.41) is 0.365. The molecule has 0 saturated carbocycles. The van der Waals surface area contributed by atoms with Crippen molar-refractivity contribution in [2.24, 2.45) is 4.99 Å². The van der Waals surface area contributed by atoms with Crippen molar-refractivity contribution in [1.82, 2.24) is 0 Å². The van der Waals surface area contributed by atoms with Crippen molar-refractivity contribution in [2.75, 3.05) is 21.3 Å². The van der Waals surface area contributed by atoms with Gasteiger partial charge in [0.15, 0.2) is 17.2 Å². The van der Waals surface area contributed by atoms with E-state index in [1.807, 2.05) is 0 Å². The quantitative estimate of drug-likeness (QED) is 0.590. The van der Waals surface area contributed by atoms with E-state index in [0.29, 0.717) is 33.4 Å². The van der Waals surface area contributed by atoms with E-state index in [-0.39, 0.29) is 11.6 Å². The molecule has 0 unspecified atom stereocenters. The van der Waals surface area contributed by atoms with Crippen molar-refractivity contribution in [3.05, 3.63) is 58.2 Å². The van der Waals surface area contributed by atoms with Crippen LogP contribution in [0.15, 0.2) is 47.1 Å². The first kappa shape index (κ1) is 17.8. The number of hydrogen-bond donors (Lipinski definition) is 0. The molecule has 2 aromatic carbocycles. The number of esters is 1. The first-order valence-electron chi connectivity index (χ1n) is 7.64. The first-order valence-corrected chi connectivity index (χ1v) is 8.02. The lowest BCUT2D eigenvalue weighted by Crippen LogP contribution is -2.05. The summed E-state index contributed by atoms with van der Waals surface area (Å²) in [4.78, 5) is 16.4. The maximum Gasteiger partial charge on any atom is 0.363 e. The SMILES string of the molecule is COc1ccc(C2=N/C(=C\c3cc(Cl)c(OC)c(OC)c3)C(=O)O2)cc1. The number of benzene rings is 2. The molecule has 0 N–H and O–H groups in total. The van der Waals surface area contributed by atoms with Gasteiger partial charge >= 0.3 is 5.97 Å². The number of carbonyl (C=O) groups excluding carboxylic acids is 1. The van der Waals surface area contributed by atoms with E-state index in [1.165, 1.54) is 14.2 Å². The van der Waals surface area contributed by atoms with Crippen LogP contribution in [0.3, 0.4) is 0 Å². The predicted octanol–water partition coefficient (Wildman–Crippen LogP) is 3.71. The average molecular weight is 374 g/mol. The molecule has 0 aromatic heterocycles. The van der Waals surface area contributed by atoms with E-state index >= 15 is 0 Å². The van der Waals surface area contributed by atoms with Crippen LogP contribution in [0.1, 0.15) is 11.1 Å². The van der Waals surface area contributed by atoms with Crippen LogP contribution >= 0.6 is 11.6 Å². The van der Waals surface area contributed by atoms with Gasteiger partial charge < -0.3 is 18.9 Å². The normalized spacial score (nSPS) is 14.8. The van der Waals surface area contributed by atoms with Gasteiger partial charge in [-0.3, -0.25) is 0 Å². The summed E-state index contributed by atoms with van der Waals surface area (Å²) in [6.45, 7) is 0. The molecule has 6 nitrogen and oxygen atoms in total. The molecule has 134 valence electrons. The Morgan fingerprint density at radius 2 is 1.77 bits per heavy atom. The minimum Gasteiger partial charge on any atom is -0.497 e. The van der Waals surface area contributed by atoms with Crippen molar-refractivity contribution in [2.45, 2.75) is 0 Å². The van der Waals surface area contributed by atoms with Crippen LogP contribution in [0.2, 0.25) is 5.02 Å². The average Bonchev–Trinajstić information content (AvgIpc) is 3.01. The Balaban J connectivity index is 1.94. The second kappa shape index (κ2) is 7.49. The summed E-state index contributed by atoms with van der Waals surface area (Å²) in [6, 6.07) is 10.4. The second-order valence-electron chi connectivity index (χ2n) is 5.30. The molecule has 26 heavy (non-hydrogen) atoms. The molecule has 0 fully saturated rings. The highest BCUT2D eigenvalue weighted by atomic mass is 35.5. The Labute approximate surface area is 155 Å². The number of ether oxygens (including phenoxy) is 4. The number of methoxy groups -OCH3 is 3. The van der Waals surface area contributed by atoms with Crippen LogP contribution in [0, 0.1) is 0 Å². The van der Waals surface area contributed by atoms with E-state index < -0.39 is 5.97 Å². The zero-order valence-corrected chi connectivity index (χ0v) is 15.2. The lowest BCUT2D eigenvalue weighted by atomic mass is 10.1. The number of rotatable bonds is 5. The third-order valence-corrected chi connectivity index (χ3v) is 4.00. The third kappa shape index (κ3) is 3.50. The standard InChI is InChI=1S/C19H16ClNO5/c1-23-13-6-4-12(5-7-13)18-21-15(19(22)26-18)9-11-8-14(20)17(25-3)16(10-11)24-2/h4-10H,1-3H3/b15-9-. The van der Waals surface area contributed by atoms with Gasteiger partial charge in [-0.2, -0.15) is 0 Å². The first-order chi connectivity index (χ1) is 12.5. The lowest BCUT2D eigenvalue weighted by molar-refractivity contribution is -0.129. The second-order valence-corrected chi connectivity index (χ2v) is 5.71. The molecule has 0 aliphatic carbocycles. The fourth-order valence-electron chi connectivity index (χ4n) is 2.45. The van der Waals surface area contributed by atoms with Crippen molar-refractivity contribution < 1.29 is 23.7 Å². The van der Waals surface area contributed by atoms with Crippen molar-refractivity contribution in [3.8, 4) is 17.2 Å². The van der Waals surface area contributed by atoms with Gasteiger partial charge in [-0.25, -0.2) is 9.79 Å². The Morgan fingerprint density at radius 3 is 2.38 bits per heavy atom. The van der Waals surface area contributed by atoms with Gasteiger partial charge in [0.05, 0.1) is 26.4 Å². The molecule has 0 radical (unpaired) electrons. The third-order valence-electron chi connectivity index (χ3n) is 3.72. The van der Waals surface area contributed by atoms with Gasteiger partial charge in [0.25, 0.3) is 0 Å². The number of hydrogen-bond acceptors (Lipinski definition) is 6. The number of carbonyl (C=O) groups is 1. The maximum atomic E-state index is 12.1. The van der Waals surface area contributed by atoms with Gasteiger partial charge in [-0.05, 0) is 48.0 Å². The van der Waals surface area contributed by atoms with Gasteiger partial charge in [0.1, 0.15) is 5.75 Å². The molecule has 0 amide bonds. The molecule has 1 aliphatic heterocycles. The molecule has 0 saturated heterocycles. The Hall–Kier alpha value is -2.99. The number of nitrogens with zero attached hydrogens (tertiary/aromatic N) is 1. The highest BCUT2D eigenvalue weighted by molar-refractivity contribution is 6.32. The van der Waals surface area contributed by atoms with Gasteiger partial charge in [0.2, 0.25) is 5.90 Å². The molecule has 0 bridgehead atoms. The van der Waals surface area contributed by atoms with Crippen LogP contribution in [-0.4, -0.2) is 33.2 Å². The number of cyclic esters (lactones) is 1. The fraction of sp³-hybridized carbons (Fsp3) is 0.158. The minimum absolute atomic E-state index is 0.166. The summed E-state index contributed by atoms with van der Waals surface area (Å²) in [7, 11) is 4.59. The zero-order chi connectivity index (χ0) is 18.7. The molecule has 1 aliphatic rings. The molecule has 2 aromatic rings. The summed E-state index contributed by atoms with van der Waals surface area (Å²) in [5.41, 5.74) is 1.48. The minimum atomic E-state index is -0.540. The highest BCUT2D eigenvalue weighted by Crippen LogP contribution is 2.37. The van der Waals surface area contributed by atoms with E-state index in [0.717, 1.165) is 0 Å². The van der Waals surface area contributed by atoms with Crippen LogP contribution < -0.4 is 14.2 Å². The molecular formula is C19H16ClNO5. The van der Waals surface area contributed by atoms with Crippen molar-refractivity contribution in [1.29, 1.82) is 0 Å². The highest BCUT2D eigenvalue weighted by Gasteiger charge is 2.24. The number of aliphatic imine (C=N–C) groups is 1. The summed E-state index contributed by atoms with van der Waals surface area (Å²) < 4.78 is 20.8. The Kier molecular flexibility index (Phi) is 5.14. The van der Waals surface area contributed by atoms with Crippen LogP contribution in [-0.2, 0) is 9.53 Å². The fourth-order valence-corrected chi connectivity index (χ4v) is 2.74. The molecule has 0 spiro atoms. The summed E-state index contributed by atoms with van der Waals surface area (Å²) in [5.74, 6) is 1.27. The summed E-state index contributed by atoms with van der Waals surface area (Å²) in [6.07, 6.45) is 1.58. The molecule has 3 rings (SSSR count). The predicted molar refractivity (Wildman–Crippen MR) is 98.2 cm³/mol. The Bertz CT molecular complexity index is 903. The molecule has 0 atom stereocenters. The van der Waals surface area contributed by atoms with Crippen LogP contribution in [0.25, 0.3) is 6.08 Å². The molecule has 7 heteroatoms. The van der Waals surface area contributed by atoms with E-state index in [4.69, 9.17) is 30.5 Å². The van der Waals surface area contributed by atoms with Crippen molar-refractivity contribution in [3.63, 3.8) is 0 Å². The lowest BCUT2D eigenvalue weighted by Gasteiger charge is -2.10. The van der Waals surface area contributed by atoms with Gasteiger partial charge in [0, 0.05) is 5.56 Å². The van der Waals surface area contributed by atoms with Crippen LogP contribution in [0.4, 0.5) is 0 Å². The van der Waals surface area contributed by atoms with Crippen LogP contribution in [0.5, 0.6) is 17.2 Å². The largest absolute Gasteiger partial charge is 0.497 e. The Morgan fingerprint density at radius 1 is 1.04 bits per heavy atom. The van der Waals surface area contributed by atoms with Crippen molar-refractivity contribution >= 4 is 29.5 Å². The van der Waals surface area contributed by atoms with Gasteiger partial charge in [-0.1, -0.05) is 11.6 Å². The summed E-state index contributed by atoms with van der Waals surface area (Å²) >= 11 is 6.19. The van der Waals surface area contributed by atoms with E-state index in [1.54, 1.807) is 49.6 Å². The van der Waals surface area contributed by atoms with E-state index in [9.17, 15) is 4.79 Å². The monoisotopic (exact) mass is 373 g/mol.